The largest absolute Gasteiger partial charge is 0.332 e. The van der Waals surface area contributed by atoms with Gasteiger partial charge in [0.2, 0.25) is 0 Å². The first-order chi connectivity index (χ1) is 12.8. The number of aryl methyl sites for hydroxylation is 1. The Morgan fingerprint density at radius 2 is 1.70 bits per heavy atom. The fraction of sp³-hybridized carbons (Fsp3) is 0.118. The lowest BCUT2D eigenvalue weighted by Crippen LogP contribution is -2.42. The molecule has 0 saturated carbocycles. The van der Waals surface area contributed by atoms with E-state index < -0.39 is 23.1 Å². The van der Waals surface area contributed by atoms with Crippen molar-refractivity contribution in [3.05, 3.63) is 73.0 Å². The number of halogens is 1. The van der Waals surface area contributed by atoms with Gasteiger partial charge in [0, 0.05) is 24.8 Å². The number of pyridine rings is 1. The molecule has 2 aromatic heterocycles. The molecule has 2 N–H and O–H groups in total. The smallest absolute Gasteiger partial charge is 0.280 e. The first-order valence-corrected chi connectivity index (χ1v) is 8.51. The number of fused-ring (bicyclic) bond motifs is 1. The SMILES string of the molecule is Cn1c(=O)c2cc(C(=O)NNC(=O)c3ccccc3Br)cnc2n(C)c1=O. The zero-order valence-corrected chi connectivity index (χ0v) is 15.9. The number of carbonyl (C=O) groups is 2. The Bertz CT molecular complexity index is 1200. The lowest BCUT2D eigenvalue weighted by molar-refractivity contribution is 0.0846. The van der Waals surface area contributed by atoms with Crippen LogP contribution in [0.2, 0.25) is 0 Å². The summed E-state index contributed by atoms with van der Waals surface area (Å²) in [6.45, 7) is 0. The van der Waals surface area contributed by atoms with Gasteiger partial charge in [-0.15, -0.1) is 0 Å². The van der Waals surface area contributed by atoms with Crippen molar-refractivity contribution in [2.24, 2.45) is 14.1 Å². The minimum atomic E-state index is -0.652. The van der Waals surface area contributed by atoms with Gasteiger partial charge in [-0.05, 0) is 34.1 Å². The molecule has 0 atom stereocenters. The van der Waals surface area contributed by atoms with E-state index in [1.807, 2.05) is 0 Å². The van der Waals surface area contributed by atoms with Crippen molar-refractivity contribution in [3.63, 3.8) is 0 Å². The number of hydrogen-bond donors (Lipinski definition) is 2. The lowest BCUT2D eigenvalue weighted by Gasteiger charge is -2.10. The summed E-state index contributed by atoms with van der Waals surface area (Å²) in [5.41, 5.74) is 4.06. The highest BCUT2D eigenvalue weighted by molar-refractivity contribution is 9.10. The molecule has 138 valence electrons. The van der Waals surface area contributed by atoms with Crippen LogP contribution in [0.1, 0.15) is 20.7 Å². The number of hydrazine groups is 1. The summed E-state index contributed by atoms with van der Waals surface area (Å²) in [5, 5.41) is 0.115. The number of nitrogens with zero attached hydrogens (tertiary/aromatic N) is 3. The number of rotatable bonds is 2. The number of benzene rings is 1. The van der Waals surface area contributed by atoms with E-state index in [-0.39, 0.29) is 16.6 Å². The van der Waals surface area contributed by atoms with E-state index in [1.165, 1.54) is 30.9 Å². The quantitative estimate of drug-likeness (QED) is 0.572. The van der Waals surface area contributed by atoms with Crippen molar-refractivity contribution in [2.75, 3.05) is 0 Å². The predicted octanol–water partition coefficient (Wildman–Crippen LogP) is 0.469. The van der Waals surface area contributed by atoms with E-state index >= 15 is 0 Å². The first kappa shape index (κ1) is 18.5. The topological polar surface area (TPSA) is 115 Å². The highest BCUT2D eigenvalue weighted by Crippen LogP contribution is 2.15. The van der Waals surface area contributed by atoms with Crippen molar-refractivity contribution in [2.45, 2.75) is 0 Å². The summed E-state index contributed by atoms with van der Waals surface area (Å²) in [7, 11) is 2.82. The molecule has 2 amide bonds. The molecular weight excluding hydrogens is 418 g/mol. The third kappa shape index (κ3) is 3.38. The average Bonchev–Trinajstić information content (AvgIpc) is 2.68. The molecule has 0 radical (unpaired) electrons. The van der Waals surface area contributed by atoms with Crippen LogP contribution in [0.4, 0.5) is 0 Å². The fourth-order valence-corrected chi connectivity index (χ4v) is 2.95. The molecule has 10 heteroatoms. The molecule has 0 unspecified atom stereocenters. The molecule has 0 spiro atoms. The third-order valence-corrected chi connectivity index (χ3v) is 4.66. The zero-order chi connectivity index (χ0) is 19.7. The molecule has 1 aromatic carbocycles. The zero-order valence-electron chi connectivity index (χ0n) is 14.3. The van der Waals surface area contributed by atoms with Gasteiger partial charge in [0.05, 0.1) is 16.5 Å². The highest BCUT2D eigenvalue weighted by Gasteiger charge is 2.15. The number of hydrogen-bond acceptors (Lipinski definition) is 5. The molecule has 0 aliphatic heterocycles. The summed E-state index contributed by atoms with van der Waals surface area (Å²) >= 11 is 3.25. The van der Waals surface area contributed by atoms with Crippen molar-refractivity contribution in [1.29, 1.82) is 0 Å². The maximum absolute atomic E-state index is 12.3. The van der Waals surface area contributed by atoms with Crippen LogP contribution >= 0.6 is 15.9 Å². The van der Waals surface area contributed by atoms with Crippen molar-refractivity contribution < 1.29 is 9.59 Å². The molecule has 0 saturated heterocycles. The second kappa shape index (κ2) is 7.16. The van der Waals surface area contributed by atoms with Crippen molar-refractivity contribution >= 4 is 38.8 Å². The maximum atomic E-state index is 12.3. The third-order valence-electron chi connectivity index (χ3n) is 3.96. The van der Waals surface area contributed by atoms with Gasteiger partial charge in [0.1, 0.15) is 5.65 Å². The Labute approximate surface area is 160 Å². The van der Waals surface area contributed by atoms with Gasteiger partial charge in [-0.1, -0.05) is 12.1 Å². The van der Waals surface area contributed by atoms with E-state index in [0.29, 0.717) is 10.0 Å². The van der Waals surface area contributed by atoms with Gasteiger partial charge < -0.3 is 0 Å². The second-order valence-corrected chi connectivity index (χ2v) is 6.54. The van der Waals surface area contributed by atoms with Crippen LogP contribution in [0.3, 0.4) is 0 Å². The van der Waals surface area contributed by atoms with Gasteiger partial charge in [0.15, 0.2) is 0 Å². The summed E-state index contributed by atoms with van der Waals surface area (Å²) in [6, 6.07) is 8.06. The minimum Gasteiger partial charge on any atom is -0.280 e. The van der Waals surface area contributed by atoms with Crippen LogP contribution < -0.4 is 22.1 Å². The lowest BCUT2D eigenvalue weighted by atomic mass is 10.2. The Morgan fingerprint density at radius 3 is 2.41 bits per heavy atom. The molecule has 0 bridgehead atoms. The Morgan fingerprint density at radius 1 is 1.04 bits per heavy atom. The van der Waals surface area contributed by atoms with Crippen molar-refractivity contribution in [3.8, 4) is 0 Å². The molecule has 0 fully saturated rings. The molecular formula is C17H14BrN5O4. The van der Waals surface area contributed by atoms with E-state index in [0.717, 1.165) is 4.57 Å². The maximum Gasteiger partial charge on any atom is 0.332 e. The Hall–Kier alpha value is -3.27. The van der Waals surface area contributed by atoms with Crippen LogP contribution in [0.25, 0.3) is 11.0 Å². The van der Waals surface area contributed by atoms with Crippen LogP contribution in [-0.2, 0) is 14.1 Å². The molecule has 27 heavy (non-hydrogen) atoms. The molecule has 2 heterocycles. The van der Waals surface area contributed by atoms with Crippen LogP contribution in [-0.4, -0.2) is 25.9 Å². The number of aromatic nitrogens is 3. The monoisotopic (exact) mass is 431 g/mol. The van der Waals surface area contributed by atoms with Gasteiger partial charge in [-0.2, -0.15) is 0 Å². The number of nitrogens with one attached hydrogen (secondary N) is 2. The van der Waals surface area contributed by atoms with E-state index in [4.69, 9.17) is 0 Å². The molecule has 0 aliphatic rings. The summed E-state index contributed by atoms with van der Waals surface area (Å²) in [4.78, 5) is 52.7. The van der Waals surface area contributed by atoms with E-state index in [9.17, 15) is 19.2 Å². The number of amides is 2. The Kier molecular flexibility index (Phi) is 4.91. The molecule has 9 nitrogen and oxygen atoms in total. The van der Waals surface area contributed by atoms with Gasteiger partial charge in [-0.3, -0.25) is 34.4 Å². The van der Waals surface area contributed by atoms with Crippen LogP contribution in [0.15, 0.2) is 50.6 Å². The Balaban J connectivity index is 1.86. The van der Waals surface area contributed by atoms with Gasteiger partial charge in [-0.25, -0.2) is 9.78 Å². The minimum absolute atomic E-state index is 0.0608. The molecule has 0 aliphatic carbocycles. The van der Waals surface area contributed by atoms with Gasteiger partial charge >= 0.3 is 5.69 Å². The highest BCUT2D eigenvalue weighted by atomic mass is 79.9. The van der Waals surface area contributed by atoms with Gasteiger partial charge in [0.25, 0.3) is 17.4 Å². The summed E-state index contributed by atoms with van der Waals surface area (Å²) in [6.07, 6.45) is 1.22. The summed E-state index contributed by atoms with van der Waals surface area (Å²) < 4.78 is 2.72. The van der Waals surface area contributed by atoms with Crippen molar-refractivity contribution in [1.82, 2.24) is 25.0 Å². The van der Waals surface area contributed by atoms with Crippen LogP contribution in [0.5, 0.6) is 0 Å². The standard InChI is InChI=1S/C17H14BrN5O4/c1-22-13-11(16(26)23(2)17(22)27)7-9(8-19-13)14(24)20-21-15(25)10-5-3-4-6-12(10)18/h3-8H,1-2H3,(H,20,24)(H,21,25). The number of carbonyl (C=O) groups excluding carboxylic acids is 2. The van der Waals surface area contributed by atoms with E-state index in [2.05, 4.69) is 31.8 Å². The van der Waals surface area contributed by atoms with E-state index in [1.54, 1.807) is 24.3 Å². The molecule has 3 aromatic rings. The normalized spacial score (nSPS) is 10.6. The van der Waals surface area contributed by atoms with Crippen LogP contribution in [0, 0.1) is 0 Å². The average molecular weight is 432 g/mol. The predicted molar refractivity (Wildman–Crippen MR) is 101 cm³/mol. The second-order valence-electron chi connectivity index (χ2n) is 5.69. The summed E-state index contributed by atoms with van der Waals surface area (Å²) in [5.74, 6) is -1.16. The fourth-order valence-electron chi connectivity index (χ4n) is 2.49. The molecule has 3 rings (SSSR count). The first-order valence-electron chi connectivity index (χ1n) is 7.72.